The number of carboxylic acid groups (broad SMARTS) is 1. The molecule has 0 aromatic carbocycles. The van der Waals surface area contributed by atoms with E-state index >= 15 is 0 Å². The van der Waals surface area contributed by atoms with Crippen LogP contribution >= 0.6 is 0 Å². The second-order valence-corrected chi connectivity index (χ2v) is 6.25. The minimum Gasteiger partial charge on any atom is -0.481 e. The van der Waals surface area contributed by atoms with Gasteiger partial charge in [0, 0.05) is 12.1 Å². The Morgan fingerprint density at radius 1 is 0.900 bits per heavy atom. The first-order valence-corrected chi connectivity index (χ1v) is 7.88. The number of amides is 1. The average Bonchev–Trinajstić information content (AvgIpc) is 2.63. The molecule has 4 unspecified atom stereocenters. The molecule has 0 aliphatic heterocycles. The van der Waals surface area contributed by atoms with Crippen LogP contribution in [0.4, 0.5) is 0 Å². The summed E-state index contributed by atoms with van der Waals surface area (Å²) in [4.78, 5) is 23.7. The van der Waals surface area contributed by atoms with E-state index in [9.17, 15) is 14.7 Å². The Kier molecular flexibility index (Phi) is 5.40. The normalized spacial score (nSPS) is 35.0. The van der Waals surface area contributed by atoms with Crippen LogP contribution in [0.2, 0.25) is 0 Å². The van der Waals surface area contributed by atoms with Crippen LogP contribution < -0.4 is 11.1 Å². The fraction of sp³-hybridized carbons (Fsp3) is 0.867. The van der Waals surface area contributed by atoms with Crippen LogP contribution in [0.15, 0.2) is 0 Å². The summed E-state index contributed by atoms with van der Waals surface area (Å²) in [5, 5.41) is 12.2. The molecule has 0 bridgehead atoms. The minimum atomic E-state index is -0.792. The second-order valence-electron chi connectivity index (χ2n) is 6.25. The molecule has 2 saturated carbocycles. The topological polar surface area (TPSA) is 92.4 Å². The summed E-state index contributed by atoms with van der Waals surface area (Å²) in [6.45, 7) is 0. The van der Waals surface area contributed by atoms with E-state index in [4.69, 9.17) is 5.73 Å². The second kappa shape index (κ2) is 7.07. The lowest BCUT2D eigenvalue weighted by atomic mass is 9.83. The van der Waals surface area contributed by atoms with Gasteiger partial charge in [-0.15, -0.1) is 0 Å². The summed E-state index contributed by atoms with van der Waals surface area (Å²) < 4.78 is 0. The van der Waals surface area contributed by atoms with Gasteiger partial charge in [0.15, 0.2) is 0 Å². The molecule has 0 saturated heterocycles. The molecule has 2 aliphatic rings. The average molecular weight is 282 g/mol. The van der Waals surface area contributed by atoms with Gasteiger partial charge in [-0.3, -0.25) is 9.59 Å². The van der Waals surface area contributed by atoms with Crippen molar-refractivity contribution in [1.29, 1.82) is 0 Å². The maximum atomic E-state index is 12.4. The molecule has 114 valence electrons. The molecule has 2 aliphatic carbocycles. The first kappa shape index (κ1) is 15.3. The van der Waals surface area contributed by atoms with E-state index in [2.05, 4.69) is 5.32 Å². The number of nitrogens with one attached hydrogen (secondary N) is 1. The van der Waals surface area contributed by atoms with Gasteiger partial charge in [0.2, 0.25) is 5.91 Å². The lowest BCUT2D eigenvalue weighted by Gasteiger charge is -2.31. The molecule has 2 fully saturated rings. The van der Waals surface area contributed by atoms with Gasteiger partial charge < -0.3 is 16.2 Å². The zero-order valence-electron chi connectivity index (χ0n) is 12.0. The number of carbonyl (C=O) groups excluding carboxylic acids is 1. The highest BCUT2D eigenvalue weighted by Gasteiger charge is 2.34. The summed E-state index contributed by atoms with van der Waals surface area (Å²) >= 11 is 0. The zero-order chi connectivity index (χ0) is 14.5. The monoisotopic (exact) mass is 282 g/mol. The number of carbonyl (C=O) groups is 2. The van der Waals surface area contributed by atoms with Crippen LogP contribution in [0, 0.1) is 11.8 Å². The van der Waals surface area contributed by atoms with Crippen LogP contribution in [-0.2, 0) is 9.59 Å². The maximum absolute atomic E-state index is 12.4. The van der Waals surface area contributed by atoms with Crippen molar-refractivity contribution in [3.63, 3.8) is 0 Å². The first-order chi connectivity index (χ1) is 9.59. The Labute approximate surface area is 120 Å². The summed E-state index contributed by atoms with van der Waals surface area (Å²) in [5.74, 6) is -1.40. The Hall–Kier alpha value is -1.10. The van der Waals surface area contributed by atoms with Crippen LogP contribution in [0.1, 0.15) is 57.8 Å². The molecule has 5 heteroatoms. The largest absolute Gasteiger partial charge is 0.481 e. The van der Waals surface area contributed by atoms with Gasteiger partial charge in [-0.05, 0) is 25.7 Å². The third kappa shape index (κ3) is 3.72. The standard InChI is InChI=1S/C15H26N2O3/c16-12-8-3-1-2-6-10(12)14(18)17-13-9-5-4-7-11(13)15(19)20/h10-13H,1-9,16H2,(H,17,18)(H,19,20). The van der Waals surface area contributed by atoms with Gasteiger partial charge in [-0.1, -0.05) is 32.1 Å². The van der Waals surface area contributed by atoms with Gasteiger partial charge in [-0.2, -0.15) is 0 Å². The summed E-state index contributed by atoms with van der Waals surface area (Å²) in [6.07, 6.45) is 8.35. The number of carboxylic acids is 1. The van der Waals surface area contributed by atoms with Crippen molar-refractivity contribution in [3.8, 4) is 0 Å². The van der Waals surface area contributed by atoms with Gasteiger partial charge in [0.25, 0.3) is 0 Å². The SMILES string of the molecule is NC1CCCCCC1C(=O)NC1CCCCC1C(=O)O. The molecule has 2 rings (SSSR count). The van der Waals surface area contributed by atoms with E-state index < -0.39 is 11.9 Å². The minimum absolute atomic E-state index is 0.0300. The van der Waals surface area contributed by atoms with Crippen LogP contribution in [0.5, 0.6) is 0 Å². The summed E-state index contributed by atoms with van der Waals surface area (Å²) in [7, 11) is 0. The van der Waals surface area contributed by atoms with Crippen molar-refractivity contribution < 1.29 is 14.7 Å². The van der Waals surface area contributed by atoms with Crippen LogP contribution in [0.3, 0.4) is 0 Å². The quantitative estimate of drug-likeness (QED) is 0.686. The predicted molar refractivity (Wildman–Crippen MR) is 76.1 cm³/mol. The van der Waals surface area contributed by atoms with Crippen molar-refractivity contribution in [2.75, 3.05) is 0 Å². The molecule has 0 radical (unpaired) electrons. The molecular formula is C15H26N2O3. The molecule has 0 heterocycles. The Bertz CT molecular complexity index is 359. The Morgan fingerprint density at radius 3 is 2.25 bits per heavy atom. The lowest BCUT2D eigenvalue weighted by Crippen LogP contribution is -2.50. The summed E-state index contributed by atoms with van der Waals surface area (Å²) in [6, 6.07) is -0.298. The fourth-order valence-electron chi connectivity index (χ4n) is 3.55. The smallest absolute Gasteiger partial charge is 0.308 e. The number of hydrogen-bond acceptors (Lipinski definition) is 3. The van der Waals surface area contributed by atoms with Gasteiger partial charge in [0.05, 0.1) is 11.8 Å². The van der Waals surface area contributed by atoms with Crippen molar-refractivity contribution >= 4 is 11.9 Å². The fourth-order valence-corrected chi connectivity index (χ4v) is 3.55. The van der Waals surface area contributed by atoms with E-state index in [-0.39, 0.29) is 23.9 Å². The zero-order valence-corrected chi connectivity index (χ0v) is 12.0. The molecule has 0 aromatic heterocycles. The summed E-state index contributed by atoms with van der Waals surface area (Å²) in [5.41, 5.74) is 6.10. The molecule has 1 amide bonds. The number of aliphatic carboxylic acids is 1. The van der Waals surface area contributed by atoms with E-state index in [1.54, 1.807) is 0 Å². The van der Waals surface area contributed by atoms with Crippen LogP contribution in [0.25, 0.3) is 0 Å². The van der Waals surface area contributed by atoms with E-state index in [0.717, 1.165) is 51.4 Å². The Morgan fingerprint density at radius 2 is 1.50 bits per heavy atom. The third-order valence-corrected chi connectivity index (χ3v) is 4.82. The van der Waals surface area contributed by atoms with Gasteiger partial charge in [0.1, 0.15) is 0 Å². The molecular weight excluding hydrogens is 256 g/mol. The van der Waals surface area contributed by atoms with Crippen molar-refractivity contribution in [1.82, 2.24) is 5.32 Å². The molecule has 4 atom stereocenters. The van der Waals surface area contributed by atoms with Crippen molar-refractivity contribution in [3.05, 3.63) is 0 Å². The third-order valence-electron chi connectivity index (χ3n) is 4.82. The predicted octanol–water partition coefficient (Wildman–Crippen LogP) is 1.65. The van der Waals surface area contributed by atoms with E-state index in [1.807, 2.05) is 0 Å². The molecule has 0 spiro atoms. The van der Waals surface area contributed by atoms with Crippen molar-refractivity contribution in [2.24, 2.45) is 17.6 Å². The highest BCUT2D eigenvalue weighted by molar-refractivity contribution is 5.81. The highest BCUT2D eigenvalue weighted by Crippen LogP contribution is 2.27. The maximum Gasteiger partial charge on any atom is 0.308 e. The van der Waals surface area contributed by atoms with Gasteiger partial charge >= 0.3 is 5.97 Å². The molecule has 20 heavy (non-hydrogen) atoms. The van der Waals surface area contributed by atoms with E-state index in [0.29, 0.717) is 6.42 Å². The van der Waals surface area contributed by atoms with Gasteiger partial charge in [-0.25, -0.2) is 0 Å². The Balaban J connectivity index is 1.96. The van der Waals surface area contributed by atoms with Crippen molar-refractivity contribution in [2.45, 2.75) is 69.9 Å². The first-order valence-electron chi connectivity index (χ1n) is 7.88. The highest BCUT2D eigenvalue weighted by atomic mass is 16.4. The van der Waals surface area contributed by atoms with Crippen LogP contribution in [-0.4, -0.2) is 29.1 Å². The lowest BCUT2D eigenvalue weighted by molar-refractivity contribution is -0.144. The number of hydrogen-bond donors (Lipinski definition) is 3. The van der Waals surface area contributed by atoms with E-state index in [1.165, 1.54) is 0 Å². The number of rotatable bonds is 3. The molecule has 5 nitrogen and oxygen atoms in total. The molecule has 4 N–H and O–H groups in total. The molecule has 0 aromatic rings. The number of nitrogens with two attached hydrogens (primary N) is 1.